The smallest absolute Gasteiger partial charge is 0.814 e. The Balaban J connectivity index is 0.000000841. The van der Waals surface area contributed by atoms with Gasteiger partial charge in [-0.15, -0.1) is 0 Å². The average Bonchev–Trinajstić information content (AvgIpc) is 3.11. The van der Waals surface area contributed by atoms with Crippen molar-refractivity contribution in [2.45, 2.75) is 13.8 Å². The summed E-state index contributed by atoms with van der Waals surface area (Å²) in [5, 5.41) is 13.0. The molecule has 5 rings (SSSR count). The van der Waals surface area contributed by atoms with Crippen molar-refractivity contribution in [2.75, 3.05) is 12.3 Å². The molecule has 4 nitrogen and oxygen atoms in total. The zero-order valence-electron chi connectivity index (χ0n) is 26.4. The Morgan fingerprint density at radius 2 is 0.761 bits per heavy atom. The third-order valence-corrected chi connectivity index (χ3v) is 11.9. The Hall–Kier alpha value is -3.97. The van der Waals surface area contributed by atoms with Crippen LogP contribution in [0.5, 0.6) is 0 Å². The molecule has 0 bridgehead atoms. The van der Waals surface area contributed by atoms with Gasteiger partial charge in [0.1, 0.15) is 12.3 Å². The van der Waals surface area contributed by atoms with Crippen LogP contribution in [-0.4, -0.2) is 37.2 Å². The Labute approximate surface area is 288 Å². The first-order valence-corrected chi connectivity index (χ1v) is 18.4. The fraction of sp³-hybridized carbons (Fsp3) is 0.103. The minimum Gasteiger partial charge on any atom is -0.814 e. The fourth-order valence-corrected chi connectivity index (χ4v) is 9.05. The van der Waals surface area contributed by atoms with Gasteiger partial charge in [-0.05, 0) is 60.7 Å². The van der Waals surface area contributed by atoms with Gasteiger partial charge in [-0.3, -0.25) is 9.98 Å². The Morgan fingerprint density at radius 1 is 0.522 bits per heavy atom. The van der Waals surface area contributed by atoms with Crippen molar-refractivity contribution in [2.24, 2.45) is 15.0 Å². The number of nitrogens with zero attached hydrogens (tertiary/aromatic N) is 4. The minimum atomic E-state index is -0.954. The van der Waals surface area contributed by atoms with E-state index in [1.807, 2.05) is 19.1 Å². The summed E-state index contributed by atoms with van der Waals surface area (Å²) < 4.78 is 0. The van der Waals surface area contributed by atoms with Crippen molar-refractivity contribution >= 4 is 73.3 Å². The first kappa shape index (κ1) is 38.2. The van der Waals surface area contributed by atoms with E-state index < -0.39 is 15.8 Å². The van der Waals surface area contributed by atoms with Crippen molar-refractivity contribution in [3.05, 3.63) is 158 Å². The number of hydrogen-bond acceptors (Lipinski definition) is 3. The van der Waals surface area contributed by atoms with E-state index in [0.29, 0.717) is 0 Å². The van der Waals surface area contributed by atoms with Crippen LogP contribution >= 0.6 is 15.8 Å². The summed E-state index contributed by atoms with van der Waals surface area (Å²) in [6.07, 6.45) is 8.66. The van der Waals surface area contributed by atoms with E-state index in [9.17, 15) is 0 Å². The molecular weight excluding hydrogens is 642 g/mol. The number of aliphatic imine (C=N–C) groups is 3. The molecule has 0 N–H and O–H groups in total. The van der Waals surface area contributed by atoms with Gasteiger partial charge in [0.2, 0.25) is 0 Å². The third-order valence-electron chi connectivity index (χ3n) is 6.60. The van der Waals surface area contributed by atoms with Crippen LogP contribution in [0.15, 0.2) is 161 Å². The first-order valence-electron chi connectivity index (χ1n) is 14.9. The molecule has 0 aliphatic carbocycles. The van der Waals surface area contributed by atoms with Gasteiger partial charge in [0.15, 0.2) is 0 Å². The molecule has 5 aromatic carbocycles. The van der Waals surface area contributed by atoms with Gasteiger partial charge >= 0.3 is 17.1 Å². The SMILES string of the molecule is C(C[PH+](c1ccccc1)c1ccccc1)=Nc1ccccc1N=CC[PH+](c1ccccc1)c1ccccc1.CC=[N-].[CH2-]N=CC.[Fe+2]. The standard InChI is InChI=1S/C34H30N2P2.C3H6N.C2H4N.Fe/c1-5-15-29(16-6-1)37(30-17-7-2-8-18-30)27-25-35-33-23-13-14-24-34(33)36-26-28-38(31-19-9-3-10-20-31)32-21-11-4-12-22-32;1-3-4-2;1-2-3;/h1-26H,27-28H2;3H,2H2,1H3;2H,1H3;/q;2*-1;+2/p+2. The van der Waals surface area contributed by atoms with Crippen LogP contribution in [-0.2, 0) is 17.1 Å². The van der Waals surface area contributed by atoms with Crippen LogP contribution in [0.4, 0.5) is 11.4 Å². The summed E-state index contributed by atoms with van der Waals surface area (Å²) >= 11 is 0. The Kier molecular flexibility index (Phi) is 19.4. The van der Waals surface area contributed by atoms with E-state index in [2.05, 4.69) is 158 Å². The average molecular weight is 685 g/mol. The van der Waals surface area contributed by atoms with Crippen LogP contribution in [0, 0.1) is 7.05 Å². The second-order valence-corrected chi connectivity index (χ2v) is 14.7. The maximum absolute atomic E-state index is 7.44. The second-order valence-electron chi connectivity index (χ2n) is 9.64. The molecule has 0 unspecified atom stereocenters. The Bertz CT molecular complexity index is 1400. The predicted molar refractivity (Wildman–Crippen MR) is 208 cm³/mol. The van der Waals surface area contributed by atoms with Crippen molar-refractivity contribution in [1.82, 2.24) is 0 Å². The molecular formula is C39H42FeN4P2+2. The van der Waals surface area contributed by atoms with Crippen molar-refractivity contribution in [1.29, 1.82) is 0 Å². The summed E-state index contributed by atoms with van der Waals surface area (Å²) in [6, 6.07) is 51.5. The molecule has 0 saturated carbocycles. The van der Waals surface area contributed by atoms with Gasteiger partial charge in [0, 0.05) is 12.4 Å². The van der Waals surface area contributed by atoms with Gasteiger partial charge in [-0.1, -0.05) is 98.8 Å². The molecule has 5 aromatic rings. The predicted octanol–water partition coefficient (Wildman–Crippen LogP) is 8.33. The molecule has 0 fully saturated rings. The normalized spacial score (nSPS) is 10.7. The van der Waals surface area contributed by atoms with E-state index in [1.54, 1.807) is 13.1 Å². The van der Waals surface area contributed by atoms with E-state index >= 15 is 0 Å². The van der Waals surface area contributed by atoms with Gasteiger partial charge in [-0.25, -0.2) is 6.21 Å². The quantitative estimate of drug-likeness (QED) is 0.0615. The monoisotopic (exact) mass is 684 g/mol. The second kappa shape index (κ2) is 23.4. The maximum Gasteiger partial charge on any atom is 2.00 e. The van der Waals surface area contributed by atoms with Crippen LogP contribution in [0.3, 0.4) is 0 Å². The summed E-state index contributed by atoms with van der Waals surface area (Å²) in [5.41, 5.74) is 1.83. The molecule has 0 atom stereocenters. The first-order chi connectivity index (χ1) is 22.2. The van der Waals surface area contributed by atoms with Crippen molar-refractivity contribution in [3.63, 3.8) is 0 Å². The molecule has 0 aromatic heterocycles. The van der Waals surface area contributed by atoms with E-state index in [1.165, 1.54) is 21.2 Å². The number of hydrogen-bond donors (Lipinski definition) is 0. The topological polar surface area (TPSA) is 59.4 Å². The molecule has 0 aliphatic rings. The van der Waals surface area contributed by atoms with Crippen molar-refractivity contribution < 1.29 is 17.1 Å². The Morgan fingerprint density at radius 3 is 1.00 bits per heavy atom. The van der Waals surface area contributed by atoms with Crippen LogP contribution < -0.4 is 21.2 Å². The molecule has 234 valence electrons. The van der Waals surface area contributed by atoms with Crippen molar-refractivity contribution in [3.8, 4) is 0 Å². The maximum atomic E-state index is 7.44. The largest absolute Gasteiger partial charge is 2.00 e. The molecule has 0 amide bonds. The van der Waals surface area contributed by atoms with Gasteiger partial charge in [0.25, 0.3) is 0 Å². The summed E-state index contributed by atoms with van der Waals surface area (Å²) in [7, 11) is 1.27. The number of para-hydroxylation sites is 2. The molecule has 0 heterocycles. The van der Waals surface area contributed by atoms with Gasteiger partial charge in [0.05, 0.1) is 48.4 Å². The summed E-state index contributed by atoms with van der Waals surface area (Å²) in [6.45, 7) is 3.38. The summed E-state index contributed by atoms with van der Waals surface area (Å²) in [4.78, 5) is 13.2. The molecule has 46 heavy (non-hydrogen) atoms. The fourth-order valence-electron chi connectivity index (χ4n) is 4.52. The molecule has 0 saturated heterocycles. The van der Waals surface area contributed by atoms with Gasteiger partial charge < -0.3 is 10.4 Å². The molecule has 7 heteroatoms. The molecule has 0 aliphatic heterocycles. The number of rotatable bonds is 10. The van der Waals surface area contributed by atoms with E-state index in [4.69, 9.17) is 15.4 Å². The third kappa shape index (κ3) is 13.2. The van der Waals surface area contributed by atoms with E-state index in [0.717, 1.165) is 29.9 Å². The minimum absolute atomic E-state index is 0. The van der Waals surface area contributed by atoms with Gasteiger partial charge in [-0.2, -0.15) is 13.3 Å². The molecule has 0 radical (unpaired) electrons. The van der Waals surface area contributed by atoms with Crippen LogP contribution in [0.1, 0.15) is 13.8 Å². The zero-order valence-corrected chi connectivity index (χ0v) is 29.5. The number of benzene rings is 5. The molecule has 0 spiro atoms. The van der Waals surface area contributed by atoms with Crippen LogP contribution in [0.25, 0.3) is 5.41 Å². The zero-order chi connectivity index (χ0) is 32.0. The van der Waals surface area contributed by atoms with Crippen LogP contribution in [0.2, 0.25) is 0 Å². The van der Waals surface area contributed by atoms with E-state index in [-0.39, 0.29) is 17.1 Å². The summed E-state index contributed by atoms with van der Waals surface area (Å²) in [5.74, 6) is 0.